The molecule has 0 aromatic carbocycles. The third-order valence-corrected chi connectivity index (χ3v) is 3.02. The summed E-state index contributed by atoms with van der Waals surface area (Å²) in [5.74, 6) is 0. The summed E-state index contributed by atoms with van der Waals surface area (Å²) in [4.78, 5) is 0. The summed E-state index contributed by atoms with van der Waals surface area (Å²) in [5, 5.41) is 3.51. The highest BCUT2D eigenvalue weighted by Gasteiger charge is 2.44. The number of ether oxygens (including phenoxy) is 1. The minimum Gasteiger partial charge on any atom is -0.378 e. The van der Waals surface area contributed by atoms with Gasteiger partial charge in [-0.25, -0.2) is 0 Å². The first-order valence-corrected chi connectivity index (χ1v) is 4.63. The zero-order valence-corrected chi connectivity index (χ0v) is 7.23. The SMILES string of the molecule is COC1(CC2CCCN2)CC1. The highest BCUT2D eigenvalue weighted by atomic mass is 16.5. The standard InChI is InChI=1S/C9H17NO/c1-11-9(4-5-9)7-8-3-2-6-10-8/h8,10H,2-7H2,1H3. The number of hydrogen-bond acceptors (Lipinski definition) is 2. The highest BCUT2D eigenvalue weighted by molar-refractivity contribution is 4.99. The van der Waals surface area contributed by atoms with Crippen LogP contribution < -0.4 is 5.32 Å². The molecule has 2 fully saturated rings. The normalized spacial score (nSPS) is 34.1. The quantitative estimate of drug-likeness (QED) is 0.663. The molecule has 0 spiro atoms. The Labute approximate surface area is 68.3 Å². The molecular weight excluding hydrogens is 138 g/mol. The Morgan fingerprint density at radius 2 is 2.36 bits per heavy atom. The molecular formula is C9H17NO. The van der Waals surface area contributed by atoms with Crippen LogP contribution in [0.5, 0.6) is 0 Å². The number of hydrogen-bond donors (Lipinski definition) is 1. The molecule has 2 nitrogen and oxygen atoms in total. The van der Waals surface area contributed by atoms with Crippen molar-refractivity contribution >= 4 is 0 Å². The maximum atomic E-state index is 5.47. The fraction of sp³-hybridized carbons (Fsp3) is 1.00. The van der Waals surface area contributed by atoms with Crippen LogP contribution in [0.15, 0.2) is 0 Å². The van der Waals surface area contributed by atoms with Crippen LogP contribution in [0.25, 0.3) is 0 Å². The minimum absolute atomic E-state index is 0.294. The van der Waals surface area contributed by atoms with Crippen LogP contribution in [0.2, 0.25) is 0 Å². The summed E-state index contributed by atoms with van der Waals surface area (Å²) in [6.07, 6.45) is 6.50. The minimum atomic E-state index is 0.294. The van der Waals surface area contributed by atoms with Gasteiger partial charge in [-0.15, -0.1) is 0 Å². The molecule has 0 radical (unpaired) electrons. The van der Waals surface area contributed by atoms with E-state index in [-0.39, 0.29) is 0 Å². The molecule has 1 aliphatic carbocycles. The number of rotatable bonds is 3. The van der Waals surface area contributed by atoms with Crippen molar-refractivity contribution in [3.8, 4) is 0 Å². The van der Waals surface area contributed by atoms with Gasteiger partial charge >= 0.3 is 0 Å². The molecule has 0 aromatic heterocycles. The molecule has 0 aromatic rings. The van der Waals surface area contributed by atoms with E-state index in [1.165, 1.54) is 38.6 Å². The Morgan fingerprint density at radius 1 is 1.55 bits per heavy atom. The molecule has 64 valence electrons. The lowest BCUT2D eigenvalue weighted by molar-refractivity contribution is 0.0650. The molecule has 2 heteroatoms. The molecule has 1 heterocycles. The van der Waals surface area contributed by atoms with Crippen LogP contribution in [0.4, 0.5) is 0 Å². The average Bonchev–Trinajstić information content (AvgIpc) is 2.59. The summed E-state index contributed by atoms with van der Waals surface area (Å²) in [6.45, 7) is 1.21. The first kappa shape index (κ1) is 7.56. The lowest BCUT2D eigenvalue weighted by Crippen LogP contribution is -2.28. The van der Waals surface area contributed by atoms with E-state index in [0.717, 1.165) is 6.04 Å². The van der Waals surface area contributed by atoms with Gasteiger partial charge < -0.3 is 10.1 Å². The van der Waals surface area contributed by atoms with Crippen LogP contribution in [-0.2, 0) is 4.74 Å². The maximum Gasteiger partial charge on any atom is 0.0695 e. The Hall–Kier alpha value is -0.0800. The summed E-state index contributed by atoms with van der Waals surface area (Å²) in [6, 6.07) is 0.748. The highest BCUT2D eigenvalue weighted by Crippen LogP contribution is 2.43. The Balaban J connectivity index is 1.80. The predicted molar refractivity (Wildman–Crippen MR) is 44.6 cm³/mol. The third-order valence-electron chi connectivity index (χ3n) is 3.02. The maximum absolute atomic E-state index is 5.47. The van der Waals surface area contributed by atoms with Crippen LogP contribution in [0, 0.1) is 0 Å². The molecule has 1 unspecified atom stereocenters. The van der Waals surface area contributed by atoms with Crippen LogP contribution in [0.1, 0.15) is 32.1 Å². The van der Waals surface area contributed by atoms with Gasteiger partial charge in [0.2, 0.25) is 0 Å². The van der Waals surface area contributed by atoms with Gasteiger partial charge in [-0.3, -0.25) is 0 Å². The van der Waals surface area contributed by atoms with E-state index in [9.17, 15) is 0 Å². The van der Waals surface area contributed by atoms with Crippen molar-refractivity contribution < 1.29 is 4.74 Å². The zero-order valence-electron chi connectivity index (χ0n) is 7.23. The lowest BCUT2D eigenvalue weighted by Gasteiger charge is -2.17. The first-order valence-electron chi connectivity index (χ1n) is 4.63. The van der Waals surface area contributed by atoms with E-state index in [4.69, 9.17) is 4.74 Å². The van der Waals surface area contributed by atoms with Crippen molar-refractivity contribution in [1.82, 2.24) is 5.32 Å². The molecule has 1 atom stereocenters. The fourth-order valence-electron chi connectivity index (χ4n) is 2.01. The van der Waals surface area contributed by atoms with E-state index in [1.54, 1.807) is 0 Å². The second-order valence-corrected chi connectivity index (χ2v) is 3.88. The Kier molecular flexibility index (Phi) is 1.90. The van der Waals surface area contributed by atoms with Gasteiger partial charge in [0.15, 0.2) is 0 Å². The van der Waals surface area contributed by atoms with Crippen molar-refractivity contribution in [2.75, 3.05) is 13.7 Å². The summed E-state index contributed by atoms with van der Waals surface area (Å²) >= 11 is 0. The predicted octanol–water partition coefficient (Wildman–Crippen LogP) is 1.31. The smallest absolute Gasteiger partial charge is 0.0695 e. The van der Waals surface area contributed by atoms with Gasteiger partial charge in [-0.2, -0.15) is 0 Å². The molecule has 2 rings (SSSR count). The van der Waals surface area contributed by atoms with Crippen molar-refractivity contribution in [1.29, 1.82) is 0 Å². The van der Waals surface area contributed by atoms with E-state index in [1.807, 2.05) is 7.11 Å². The van der Waals surface area contributed by atoms with Crippen molar-refractivity contribution in [2.45, 2.75) is 43.7 Å². The van der Waals surface area contributed by atoms with Gasteiger partial charge in [0.1, 0.15) is 0 Å². The van der Waals surface area contributed by atoms with Gasteiger partial charge in [0.25, 0.3) is 0 Å². The Morgan fingerprint density at radius 3 is 2.82 bits per heavy atom. The first-order chi connectivity index (χ1) is 5.35. The zero-order chi connectivity index (χ0) is 7.73. The van der Waals surface area contributed by atoms with Gasteiger partial charge in [0.05, 0.1) is 5.60 Å². The average molecular weight is 155 g/mol. The van der Waals surface area contributed by atoms with Crippen LogP contribution >= 0.6 is 0 Å². The lowest BCUT2D eigenvalue weighted by atomic mass is 10.1. The topological polar surface area (TPSA) is 21.3 Å². The van der Waals surface area contributed by atoms with Gasteiger partial charge in [-0.05, 0) is 38.6 Å². The Bertz CT molecular complexity index is 136. The summed E-state index contributed by atoms with van der Waals surface area (Å²) in [5.41, 5.74) is 0.294. The molecule has 1 aliphatic heterocycles. The van der Waals surface area contributed by atoms with E-state index < -0.39 is 0 Å². The molecule has 2 aliphatic rings. The largest absolute Gasteiger partial charge is 0.378 e. The molecule has 1 saturated carbocycles. The van der Waals surface area contributed by atoms with Crippen LogP contribution in [-0.4, -0.2) is 25.3 Å². The van der Waals surface area contributed by atoms with E-state index in [0.29, 0.717) is 5.60 Å². The van der Waals surface area contributed by atoms with Crippen LogP contribution in [0.3, 0.4) is 0 Å². The molecule has 11 heavy (non-hydrogen) atoms. The van der Waals surface area contributed by atoms with E-state index >= 15 is 0 Å². The van der Waals surface area contributed by atoms with Crippen molar-refractivity contribution in [2.24, 2.45) is 0 Å². The molecule has 1 saturated heterocycles. The number of nitrogens with one attached hydrogen (secondary N) is 1. The van der Waals surface area contributed by atoms with Crippen molar-refractivity contribution in [3.63, 3.8) is 0 Å². The third kappa shape index (κ3) is 1.57. The fourth-order valence-corrected chi connectivity index (χ4v) is 2.01. The number of methoxy groups -OCH3 is 1. The monoisotopic (exact) mass is 155 g/mol. The molecule has 1 N–H and O–H groups in total. The second-order valence-electron chi connectivity index (χ2n) is 3.88. The van der Waals surface area contributed by atoms with Gasteiger partial charge in [0, 0.05) is 13.2 Å². The van der Waals surface area contributed by atoms with E-state index in [2.05, 4.69) is 5.32 Å². The second kappa shape index (κ2) is 2.76. The summed E-state index contributed by atoms with van der Waals surface area (Å²) in [7, 11) is 1.85. The molecule has 0 bridgehead atoms. The summed E-state index contributed by atoms with van der Waals surface area (Å²) < 4.78 is 5.47. The van der Waals surface area contributed by atoms with Crippen molar-refractivity contribution in [3.05, 3.63) is 0 Å². The van der Waals surface area contributed by atoms with Gasteiger partial charge in [-0.1, -0.05) is 0 Å². The molecule has 0 amide bonds.